The molecule has 5 nitrogen and oxygen atoms in total. The van der Waals surface area contributed by atoms with Crippen LogP contribution in [0.4, 0.5) is 24.9 Å². The number of hydrogen-bond donors (Lipinski definition) is 1. The monoisotopic (exact) mass is 348 g/mol. The first-order valence-corrected chi connectivity index (χ1v) is 7.04. The van der Waals surface area contributed by atoms with Crippen molar-refractivity contribution in [3.63, 3.8) is 0 Å². The van der Waals surface area contributed by atoms with E-state index in [4.69, 9.17) is 4.42 Å². The Bertz CT molecular complexity index is 900. The largest absolute Gasteiger partial charge is 0.465 e. The molecule has 3 aromatic rings. The normalized spacial score (nSPS) is 10.6. The number of nitrogens with zero attached hydrogens (tertiary/aromatic N) is 1. The molecule has 0 aliphatic rings. The number of anilines is 2. The van der Waals surface area contributed by atoms with Crippen LogP contribution in [0.1, 0.15) is 10.4 Å². The molecule has 0 aliphatic carbocycles. The van der Waals surface area contributed by atoms with Crippen LogP contribution in [0.15, 0.2) is 47.0 Å². The summed E-state index contributed by atoms with van der Waals surface area (Å²) in [5.41, 5.74) is 0.378. The molecule has 3 rings (SSSR count). The number of carbonyl (C=O) groups is 1. The highest BCUT2D eigenvalue weighted by Crippen LogP contribution is 2.27. The summed E-state index contributed by atoms with van der Waals surface area (Å²) in [7, 11) is 1.28. The number of benzene rings is 2. The zero-order chi connectivity index (χ0) is 18.0. The molecule has 1 heterocycles. The van der Waals surface area contributed by atoms with Crippen molar-refractivity contribution in [2.24, 2.45) is 0 Å². The smallest absolute Gasteiger partial charge is 0.337 e. The van der Waals surface area contributed by atoms with Crippen molar-refractivity contribution >= 4 is 17.7 Å². The zero-order valence-corrected chi connectivity index (χ0v) is 12.8. The van der Waals surface area contributed by atoms with Gasteiger partial charge in [0.25, 0.3) is 6.01 Å². The van der Waals surface area contributed by atoms with E-state index in [-0.39, 0.29) is 6.01 Å². The van der Waals surface area contributed by atoms with Crippen molar-refractivity contribution in [3.8, 4) is 11.3 Å². The van der Waals surface area contributed by atoms with Gasteiger partial charge in [-0.15, -0.1) is 0 Å². The van der Waals surface area contributed by atoms with Crippen molar-refractivity contribution in [3.05, 3.63) is 65.6 Å². The van der Waals surface area contributed by atoms with Gasteiger partial charge in [0.15, 0.2) is 17.4 Å². The molecule has 0 aliphatic heterocycles. The molecule has 0 atom stereocenters. The molecular formula is C17H11F3N2O3. The second-order valence-corrected chi connectivity index (χ2v) is 4.97. The molecule has 8 heteroatoms. The lowest BCUT2D eigenvalue weighted by Gasteiger charge is -2.05. The van der Waals surface area contributed by atoms with Crippen LogP contribution in [0.5, 0.6) is 0 Å². The molecule has 0 unspecified atom stereocenters. The van der Waals surface area contributed by atoms with E-state index in [1.54, 1.807) is 12.1 Å². The van der Waals surface area contributed by atoms with Gasteiger partial charge in [-0.05, 0) is 12.1 Å². The first kappa shape index (κ1) is 16.6. The van der Waals surface area contributed by atoms with E-state index in [0.29, 0.717) is 29.0 Å². The van der Waals surface area contributed by atoms with Crippen LogP contribution in [0.2, 0.25) is 0 Å². The van der Waals surface area contributed by atoms with Crippen molar-refractivity contribution in [2.75, 3.05) is 12.4 Å². The molecule has 0 radical (unpaired) electrons. The number of aromatic nitrogens is 1. The minimum absolute atomic E-state index is 0.170. The van der Waals surface area contributed by atoms with E-state index >= 15 is 0 Å². The van der Waals surface area contributed by atoms with Gasteiger partial charge >= 0.3 is 5.97 Å². The molecule has 0 amide bonds. The van der Waals surface area contributed by atoms with E-state index in [1.165, 1.54) is 25.4 Å². The van der Waals surface area contributed by atoms with E-state index in [9.17, 15) is 18.0 Å². The highest BCUT2D eigenvalue weighted by Gasteiger charge is 2.15. The van der Waals surface area contributed by atoms with E-state index in [1.807, 2.05) is 0 Å². The van der Waals surface area contributed by atoms with Crippen LogP contribution in [-0.4, -0.2) is 18.1 Å². The predicted octanol–water partition coefficient (Wildman–Crippen LogP) is 4.29. The summed E-state index contributed by atoms with van der Waals surface area (Å²) in [6.07, 6.45) is 1.34. The maximum atomic E-state index is 13.6. The Balaban J connectivity index is 1.82. The average Bonchev–Trinajstić information content (AvgIpc) is 3.06. The van der Waals surface area contributed by atoms with Gasteiger partial charge in [-0.3, -0.25) is 0 Å². The first-order chi connectivity index (χ1) is 12.0. The molecule has 2 aromatic carbocycles. The van der Waals surface area contributed by atoms with Gasteiger partial charge in [0.2, 0.25) is 0 Å². The quantitative estimate of drug-likeness (QED) is 0.713. The second-order valence-electron chi connectivity index (χ2n) is 4.97. The SMILES string of the molecule is COC(=O)c1ccc(-c2cnc(Nc3c(F)cc(F)cc3F)o2)cc1. The lowest BCUT2D eigenvalue weighted by molar-refractivity contribution is 0.0600. The summed E-state index contributed by atoms with van der Waals surface area (Å²) in [4.78, 5) is 15.3. The number of halogens is 3. The highest BCUT2D eigenvalue weighted by atomic mass is 19.1. The van der Waals surface area contributed by atoms with Crippen molar-refractivity contribution in [1.29, 1.82) is 0 Å². The third-order valence-electron chi connectivity index (χ3n) is 3.34. The molecule has 0 saturated carbocycles. The fourth-order valence-corrected chi connectivity index (χ4v) is 2.12. The predicted molar refractivity (Wildman–Crippen MR) is 82.9 cm³/mol. The average molecular weight is 348 g/mol. The molecule has 0 bridgehead atoms. The maximum absolute atomic E-state index is 13.6. The molecule has 0 spiro atoms. The Morgan fingerprint density at radius 3 is 2.36 bits per heavy atom. The fourth-order valence-electron chi connectivity index (χ4n) is 2.12. The summed E-state index contributed by atoms with van der Waals surface area (Å²) in [5, 5.41) is 2.33. The van der Waals surface area contributed by atoms with Gasteiger partial charge in [0.1, 0.15) is 11.5 Å². The lowest BCUT2D eigenvalue weighted by atomic mass is 10.1. The number of rotatable bonds is 4. The molecule has 128 valence electrons. The third-order valence-corrected chi connectivity index (χ3v) is 3.34. The molecular weight excluding hydrogens is 337 g/mol. The summed E-state index contributed by atoms with van der Waals surface area (Å²) >= 11 is 0. The van der Waals surface area contributed by atoms with Gasteiger partial charge in [-0.1, -0.05) is 12.1 Å². The third kappa shape index (κ3) is 3.47. The number of oxazole rings is 1. The summed E-state index contributed by atoms with van der Waals surface area (Å²) < 4.78 is 50.1. The minimum atomic E-state index is -1.11. The number of hydrogen-bond acceptors (Lipinski definition) is 5. The zero-order valence-electron chi connectivity index (χ0n) is 12.8. The standard InChI is InChI=1S/C17H11F3N2O3/c1-24-16(23)10-4-2-9(3-5-10)14-8-21-17(25-14)22-15-12(19)6-11(18)7-13(15)20/h2-8H,1H3,(H,21,22). The topological polar surface area (TPSA) is 64.4 Å². The molecule has 0 fully saturated rings. The van der Waals surface area contributed by atoms with Crippen LogP contribution >= 0.6 is 0 Å². The van der Waals surface area contributed by atoms with Crippen molar-refractivity contribution in [2.45, 2.75) is 0 Å². The number of methoxy groups -OCH3 is 1. The highest BCUT2D eigenvalue weighted by molar-refractivity contribution is 5.89. The molecule has 25 heavy (non-hydrogen) atoms. The lowest BCUT2D eigenvalue weighted by Crippen LogP contribution is -2.00. The van der Waals surface area contributed by atoms with Gasteiger partial charge in [-0.25, -0.2) is 22.9 Å². The van der Waals surface area contributed by atoms with Crippen LogP contribution in [0.25, 0.3) is 11.3 Å². The Kier molecular flexibility index (Phi) is 4.42. The summed E-state index contributed by atoms with van der Waals surface area (Å²) in [5.74, 6) is -3.42. The summed E-state index contributed by atoms with van der Waals surface area (Å²) in [6, 6.07) is 7.20. The van der Waals surface area contributed by atoms with Gasteiger partial charge < -0.3 is 14.5 Å². The van der Waals surface area contributed by atoms with E-state index in [2.05, 4.69) is 15.0 Å². The molecule has 1 N–H and O–H groups in total. The molecule has 0 saturated heterocycles. The first-order valence-electron chi connectivity index (χ1n) is 7.04. The second kappa shape index (κ2) is 6.68. The van der Waals surface area contributed by atoms with Crippen molar-refractivity contribution < 1.29 is 27.1 Å². The van der Waals surface area contributed by atoms with E-state index < -0.39 is 29.1 Å². The van der Waals surface area contributed by atoms with Gasteiger partial charge in [-0.2, -0.15) is 0 Å². The Hall–Kier alpha value is -3.29. The number of carbonyl (C=O) groups excluding carboxylic acids is 1. The Morgan fingerprint density at radius 2 is 1.76 bits per heavy atom. The van der Waals surface area contributed by atoms with Crippen LogP contribution in [0.3, 0.4) is 0 Å². The number of esters is 1. The summed E-state index contributed by atoms with van der Waals surface area (Å²) in [6.45, 7) is 0. The molecule has 1 aromatic heterocycles. The number of nitrogens with one attached hydrogen (secondary N) is 1. The van der Waals surface area contributed by atoms with Gasteiger partial charge in [0, 0.05) is 17.7 Å². The Morgan fingerprint density at radius 1 is 1.12 bits per heavy atom. The van der Waals surface area contributed by atoms with Crippen molar-refractivity contribution in [1.82, 2.24) is 4.98 Å². The minimum Gasteiger partial charge on any atom is -0.465 e. The fraction of sp³-hybridized carbons (Fsp3) is 0.0588. The van der Waals surface area contributed by atoms with Crippen LogP contribution in [-0.2, 0) is 4.74 Å². The maximum Gasteiger partial charge on any atom is 0.337 e. The van der Waals surface area contributed by atoms with Gasteiger partial charge in [0.05, 0.1) is 18.9 Å². The Labute approximate surface area is 140 Å². The van der Waals surface area contributed by atoms with E-state index in [0.717, 1.165) is 0 Å². The van der Waals surface area contributed by atoms with Crippen LogP contribution < -0.4 is 5.32 Å². The van der Waals surface area contributed by atoms with Crippen LogP contribution in [0, 0.1) is 17.5 Å². The number of ether oxygens (including phenoxy) is 1.